The number of anilines is 2. The molecule has 1 aliphatic rings. The van der Waals surface area contributed by atoms with Gasteiger partial charge in [0.25, 0.3) is 11.8 Å². The summed E-state index contributed by atoms with van der Waals surface area (Å²) in [6.45, 7) is 4.45. The summed E-state index contributed by atoms with van der Waals surface area (Å²) < 4.78 is 11.0. The molecule has 3 amide bonds. The number of hydrogen-bond donors (Lipinski definition) is 3. The lowest BCUT2D eigenvalue weighted by Crippen LogP contribution is -2.30. The Morgan fingerprint density at radius 3 is 2.21 bits per heavy atom. The van der Waals surface area contributed by atoms with Gasteiger partial charge in [-0.3, -0.25) is 14.4 Å². The number of nitrogens with one attached hydrogen (secondary N) is 3. The van der Waals surface area contributed by atoms with Crippen LogP contribution in [-0.2, 0) is 27.2 Å². The lowest BCUT2D eigenvalue weighted by atomic mass is 9.96. The van der Waals surface area contributed by atoms with Gasteiger partial charge in [0.15, 0.2) is 0 Å². The normalized spacial score (nSPS) is 13.3. The molecule has 3 N–H and O–H groups in total. The third-order valence-electron chi connectivity index (χ3n) is 9.10. The van der Waals surface area contributed by atoms with Crippen molar-refractivity contribution in [1.29, 1.82) is 0 Å². The van der Waals surface area contributed by atoms with Gasteiger partial charge in [0.1, 0.15) is 21.7 Å². The highest BCUT2D eigenvalue weighted by Crippen LogP contribution is 2.41. The van der Waals surface area contributed by atoms with E-state index < -0.39 is 23.0 Å². The molecule has 0 saturated heterocycles. The number of fused-ring (bicyclic) bond motifs is 1. The van der Waals surface area contributed by atoms with Gasteiger partial charge >= 0.3 is 5.97 Å². The molecule has 1 heterocycles. The van der Waals surface area contributed by atoms with Crippen LogP contribution in [0.25, 0.3) is 6.08 Å². The van der Waals surface area contributed by atoms with Crippen LogP contribution in [0.1, 0.15) is 87.1 Å². The Kier molecular flexibility index (Phi) is 14.1. The summed E-state index contributed by atoms with van der Waals surface area (Å²) in [5.41, 5.74) is 3.86. The van der Waals surface area contributed by atoms with Crippen molar-refractivity contribution in [1.82, 2.24) is 5.32 Å². The summed E-state index contributed by atoms with van der Waals surface area (Å²) in [6.07, 6.45) is 7.52. The number of benzene rings is 4. The standard InChI is InChI=1S/C45H45N3O6S2/c1-3-53-34-26-24-30(25-27-34)28-37(47-41(49)32-18-11-8-12-19-32)42(50)46-33-20-15-21-35(29-33)55-40(31-16-9-7-10-17-31)43(51)48-44-39(45(52)54-4-2)36-22-13-5-6-14-23-38(36)56-44/h7-12,15-21,24-29,40H,3-6,13-14,22-23H2,1-2H3,(H,46,50)(H,47,49)(H,48,51)/b37-28+. The van der Waals surface area contributed by atoms with Gasteiger partial charge in [-0.25, -0.2) is 4.79 Å². The van der Waals surface area contributed by atoms with Crippen molar-refractivity contribution in [2.75, 3.05) is 23.8 Å². The number of carbonyl (C=O) groups excluding carboxylic acids is 4. The fourth-order valence-corrected chi connectivity index (χ4v) is 8.79. The fourth-order valence-electron chi connectivity index (χ4n) is 6.42. The largest absolute Gasteiger partial charge is 0.494 e. The highest BCUT2D eigenvalue weighted by Gasteiger charge is 2.29. The van der Waals surface area contributed by atoms with Gasteiger partial charge in [-0.2, -0.15) is 0 Å². The molecule has 1 aromatic heterocycles. The number of amides is 3. The summed E-state index contributed by atoms with van der Waals surface area (Å²) in [7, 11) is 0. The maximum absolute atomic E-state index is 14.3. The van der Waals surface area contributed by atoms with Crippen LogP contribution in [0.4, 0.5) is 10.7 Å². The van der Waals surface area contributed by atoms with Crippen LogP contribution in [0, 0.1) is 0 Å². The third-order valence-corrected chi connectivity index (χ3v) is 11.6. The van der Waals surface area contributed by atoms with Crippen LogP contribution in [0.15, 0.2) is 120 Å². The SMILES string of the molecule is CCOC(=O)c1c(NC(=O)C(Sc2cccc(NC(=O)/C(=C\c3ccc(OCC)cc3)NC(=O)c3ccccc3)c2)c2ccccc2)sc2c1CCCCCC2. The van der Waals surface area contributed by atoms with E-state index in [0.29, 0.717) is 39.7 Å². The summed E-state index contributed by atoms with van der Waals surface area (Å²) in [4.78, 5) is 56.5. The Morgan fingerprint density at radius 1 is 0.786 bits per heavy atom. The van der Waals surface area contributed by atoms with E-state index in [1.54, 1.807) is 67.6 Å². The third kappa shape index (κ3) is 10.6. The lowest BCUT2D eigenvalue weighted by molar-refractivity contribution is -0.116. The Morgan fingerprint density at radius 2 is 1.50 bits per heavy atom. The highest BCUT2D eigenvalue weighted by molar-refractivity contribution is 8.00. The van der Waals surface area contributed by atoms with Crippen LogP contribution in [-0.4, -0.2) is 36.9 Å². The first-order valence-corrected chi connectivity index (χ1v) is 20.6. The van der Waals surface area contributed by atoms with E-state index in [1.807, 2.05) is 61.5 Å². The summed E-state index contributed by atoms with van der Waals surface area (Å²) in [5.74, 6) is -0.950. The summed E-state index contributed by atoms with van der Waals surface area (Å²) >= 11 is 2.80. The van der Waals surface area contributed by atoms with Gasteiger partial charge in [-0.1, -0.05) is 79.6 Å². The summed E-state index contributed by atoms with van der Waals surface area (Å²) in [6, 6.07) is 32.6. The average molecular weight is 788 g/mol. The number of aryl methyl sites for hydroxylation is 1. The zero-order valence-electron chi connectivity index (χ0n) is 31.5. The number of rotatable bonds is 14. The molecule has 1 unspecified atom stereocenters. The average Bonchev–Trinajstić information content (AvgIpc) is 3.53. The topological polar surface area (TPSA) is 123 Å². The quantitative estimate of drug-likeness (QED) is 0.0582. The number of thiophene rings is 1. The van der Waals surface area contributed by atoms with Gasteiger partial charge in [0.05, 0.1) is 18.8 Å². The molecular formula is C45H45N3O6S2. The number of carbonyl (C=O) groups is 4. The van der Waals surface area contributed by atoms with Crippen LogP contribution in [0.3, 0.4) is 0 Å². The maximum Gasteiger partial charge on any atom is 0.341 e. The number of hydrogen-bond acceptors (Lipinski definition) is 8. The molecule has 0 radical (unpaired) electrons. The zero-order valence-corrected chi connectivity index (χ0v) is 33.1. The molecule has 56 heavy (non-hydrogen) atoms. The molecule has 4 aromatic carbocycles. The molecule has 6 rings (SSSR count). The molecule has 1 atom stereocenters. The monoisotopic (exact) mass is 787 g/mol. The van der Waals surface area contributed by atoms with Gasteiger partial charge in [-0.05, 0) is 105 Å². The molecule has 11 heteroatoms. The number of thioether (sulfide) groups is 1. The molecule has 0 bridgehead atoms. The van der Waals surface area contributed by atoms with Crippen LogP contribution in [0.5, 0.6) is 5.75 Å². The van der Waals surface area contributed by atoms with Crippen molar-refractivity contribution < 1.29 is 28.7 Å². The zero-order chi connectivity index (χ0) is 39.3. The number of ether oxygens (including phenoxy) is 2. The van der Waals surface area contributed by atoms with Crippen LogP contribution < -0.4 is 20.7 Å². The van der Waals surface area contributed by atoms with E-state index in [2.05, 4.69) is 16.0 Å². The lowest BCUT2D eigenvalue weighted by Gasteiger charge is -2.18. The van der Waals surface area contributed by atoms with Crippen molar-refractivity contribution in [3.8, 4) is 5.75 Å². The molecule has 0 spiro atoms. The van der Waals surface area contributed by atoms with E-state index in [-0.39, 0.29) is 18.2 Å². The van der Waals surface area contributed by atoms with Gasteiger partial charge < -0.3 is 25.4 Å². The predicted octanol–water partition coefficient (Wildman–Crippen LogP) is 9.86. The molecule has 0 aliphatic heterocycles. The Labute approximate surface area is 335 Å². The molecule has 1 aliphatic carbocycles. The van der Waals surface area contributed by atoms with E-state index >= 15 is 0 Å². The Balaban J connectivity index is 1.25. The molecular weight excluding hydrogens is 743 g/mol. The van der Waals surface area contributed by atoms with E-state index in [0.717, 1.165) is 59.4 Å². The van der Waals surface area contributed by atoms with Gasteiger partial charge in [-0.15, -0.1) is 23.1 Å². The minimum absolute atomic E-state index is 0.0464. The van der Waals surface area contributed by atoms with Crippen LogP contribution in [0.2, 0.25) is 0 Å². The van der Waals surface area contributed by atoms with E-state index in [9.17, 15) is 19.2 Å². The first-order chi connectivity index (χ1) is 27.3. The Hall–Kier alpha value is -5.65. The Bertz CT molecular complexity index is 2170. The second kappa shape index (κ2) is 19.8. The van der Waals surface area contributed by atoms with Crippen molar-refractivity contribution in [2.24, 2.45) is 0 Å². The molecule has 5 aromatic rings. The van der Waals surface area contributed by atoms with Gasteiger partial charge in [0, 0.05) is 21.0 Å². The van der Waals surface area contributed by atoms with Crippen LogP contribution >= 0.6 is 23.1 Å². The van der Waals surface area contributed by atoms with Crippen molar-refractivity contribution in [3.63, 3.8) is 0 Å². The fraction of sp³-hybridized carbons (Fsp3) is 0.244. The molecule has 0 saturated carbocycles. The van der Waals surface area contributed by atoms with E-state index in [1.165, 1.54) is 23.1 Å². The first-order valence-electron chi connectivity index (χ1n) is 18.9. The second-order valence-electron chi connectivity index (χ2n) is 13.1. The van der Waals surface area contributed by atoms with Crippen molar-refractivity contribution >= 4 is 63.6 Å². The second-order valence-corrected chi connectivity index (χ2v) is 15.4. The molecule has 0 fully saturated rings. The minimum Gasteiger partial charge on any atom is -0.494 e. The maximum atomic E-state index is 14.3. The first kappa shape index (κ1) is 40.0. The highest BCUT2D eigenvalue weighted by atomic mass is 32.2. The molecule has 288 valence electrons. The predicted molar refractivity (Wildman–Crippen MR) is 224 cm³/mol. The van der Waals surface area contributed by atoms with Gasteiger partial charge in [0.2, 0.25) is 5.91 Å². The smallest absolute Gasteiger partial charge is 0.341 e. The molecule has 9 nitrogen and oxygen atoms in total. The van der Waals surface area contributed by atoms with E-state index in [4.69, 9.17) is 9.47 Å². The minimum atomic E-state index is -0.692. The van der Waals surface area contributed by atoms with Crippen molar-refractivity contribution in [2.45, 2.75) is 62.5 Å². The summed E-state index contributed by atoms with van der Waals surface area (Å²) in [5, 5.41) is 8.67. The van der Waals surface area contributed by atoms with Crippen molar-refractivity contribution in [3.05, 3.63) is 148 Å². The number of esters is 1.